The summed E-state index contributed by atoms with van der Waals surface area (Å²) in [4.78, 5) is 0. The number of halogens is 6. The second kappa shape index (κ2) is 3.43. The molecular formula is C6H4ClF5. The first-order valence-electron chi connectivity index (χ1n) is 2.66. The Morgan fingerprint density at radius 2 is 1.58 bits per heavy atom. The van der Waals surface area contributed by atoms with E-state index in [9.17, 15) is 22.0 Å². The van der Waals surface area contributed by atoms with E-state index in [4.69, 9.17) is 0 Å². The van der Waals surface area contributed by atoms with Crippen molar-refractivity contribution in [1.29, 1.82) is 0 Å². The normalized spacial score (nSPS) is 14.7. The fraction of sp³-hybridized carbons (Fsp3) is 0.333. The van der Waals surface area contributed by atoms with Gasteiger partial charge in [0.05, 0.1) is 0 Å². The predicted octanol–water partition coefficient (Wildman–Crippen LogP) is 3.49. The highest BCUT2D eigenvalue weighted by molar-refractivity contribution is 6.23. The Labute approximate surface area is 70.3 Å². The van der Waals surface area contributed by atoms with Gasteiger partial charge in [0.15, 0.2) is 0 Å². The summed E-state index contributed by atoms with van der Waals surface area (Å²) in [6, 6.07) is 0. The Balaban J connectivity index is 4.95. The van der Waals surface area contributed by atoms with Crippen LogP contribution in [0, 0.1) is 0 Å². The maximum atomic E-state index is 12.0. The van der Waals surface area contributed by atoms with Gasteiger partial charge in [0.25, 0.3) is 0 Å². The molecule has 0 rings (SSSR count). The van der Waals surface area contributed by atoms with E-state index in [-0.39, 0.29) is 6.08 Å². The average molecular weight is 207 g/mol. The highest BCUT2D eigenvalue weighted by atomic mass is 35.5. The standard InChI is InChI=1S/C6H4ClF5/c1-2-3-4(5(7,8)9)6(10,11)12/h2-3H,1H2/b4-3+. The summed E-state index contributed by atoms with van der Waals surface area (Å²) in [5.74, 6) is 0. The highest BCUT2D eigenvalue weighted by Crippen LogP contribution is 2.39. The van der Waals surface area contributed by atoms with Crippen molar-refractivity contribution in [3.63, 3.8) is 0 Å². The quantitative estimate of drug-likeness (QED) is 0.369. The molecular weight excluding hydrogens is 203 g/mol. The van der Waals surface area contributed by atoms with Crippen LogP contribution in [0.25, 0.3) is 0 Å². The minimum atomic E-state index is -5.14. The number of hydrogen-bond donors (Lipinski definition) is 0. The molecule has 0 amide bonds. The molecule has 0 aromatic carbocycles. The molecule has 0 radical (unpaired) electrons. The van der Waals surface area contributed by atoms with Gasteiger partial charge in [-0.3, -0.25) is 0 Å². The number of allylic oxidation sites excluding steroid dienone is 3. The molecule has 70 valence electrons. The maximum Gasteiger partial charge on any atom is 0.419 e. The molecule has 0 aliphatic rings. The van der Waals surface area contributed by atoms with Gasteiger partial charge in [0, 0.05) is 0 Å². The molecule has 0 aliphatic heterocycles. The number of rotatable bonds is 2. The van der Waals surface area contributed by atoms with Crippen LogP contribution in [-0.4, -0.2) is 11.6 Å². The van der Waals surface area contributed by atoms with Gasteiger partial charge >= 0.3 is 11.6 Å². The first kappa shape index (κ1) is 11.4. The Bertz CT molecular complexity index is 181. The van der Waals surface area contributed by atoms with E-state index in [2.05, 4.69) is 18.2 Å². The van der Waals surface area contributed by atoms with Crippen molar-refractivity contribution >= 4 is 11.6 Å². The summed E-state index contributed by atoms with van der Waals surface area (Å²) in [5, 5.41) is -4.41. The smallest absolute Gasteiger partial charge is 0.183 e. The van der Waals surface area contributed by atoms with Gasteiger partial charge in [0.2, 0.25) is 0 Å². The lowest BCUT2D eigenvalue weighted by molar-refractivity contribution is -0.114. The maximum absolute atomic E-state index is 12.0. The van der Waals surface area contributed by atoms with Crippen molar-refractivity contribution in [3.8, 4) is 0 Å². The van der Waals surface area contributed by atoms with E-state index in [0.717, 1.165) is 0 Å². The first-order valence-corrected chi connectivity index (χ1v) is 3.04. The Kier molecular flexibility index (Phi) is 3.26. The van der Waals surface area contributed by atoms with Crippen molar-refractivity contribution in [2.24, 2.45) is 0 Å². The van der Waals surface area contributed by atoms with Gasteiger partial charge in [-0.05, 0) is 17.7 Å². The third-order valence-corrected chi connectivity index (χ3v) is 1.10. The van der Waals surface area contributed by atoms with Crippen LogP contribution < -0.4 is 0 Å². The highest BCUT2D eigenvalue weighted by Gasteiger charge is 2.48. The molecule has 0 fully saturated rings. The molecule has 0 nitrogen and oxygen atoms in total. The summed E-state index contributed by atoms with van der Waals surface area (Å²) in [6.07, 6.45) is -4.41. The van der Waals surface area contributed by atoms with Gasteiger partial charge in [-0.2, -0.15) is 22.0 Å². The third kappa shape index (κ3) is 3.21. The molecule has 0 aliphatic carbocycles. The van der Waals surface area contributed by atoms with Gasteiger partial charge in [-0.25, -0.2) is 0 Å². The Hall–Kier alpha value is -0.580. The topological polar surface area (TPSA) is 0 Å². The van der Waals surface area contributed by atoms with Gasteiger partial charge in [-0.15, -0.1) is 0 Å². The molecule has 0 saturated carbocycles. The van der Waals surface area contributed by atoms with E-state index in [1.54, 1.807) is 0 Å². The Morgan fingerprint density at radius 3 is 1.67 bits per heavy atom. The third-order valence-electron chi connectivity index (χ3n) is 0.895. The van der Waals surface area contributed by atoms with Crippen molar-refractivity contribution < 1.29 is 22.0 Å². The second-order valence-electron chi connectivity index (χ2n) is 1.81. The van der Waals surface area contributed by atoms with Crippen LogP contribution in [-0.2, 0) is 0 Å². The lowest BCUT2D eigenvalue weighted by Crippen LogP contribution is -2.24. The minimum Gasteiger partial charge on any atom is -0.183 e. The molecule has 0 N–H and O–H groups in total. The van der Waals surface area contributed by atoms with Gasteiger partial charge in [-0.1, -0.05) is 12.7 Å². The van der Waals surface area contributed by atoms with Crippen molar-refractivity contribution in [1.82, 2.24) is 0 Å². The van der Waals surface area contributed by atoms with Crippen LogP contribution in [0.4, 0.5) is 22.0 Å². The van der Waals surface area contributed by atoms with Crippen molar-refractivity contribution in [3.05, 3.63) is 24.3 Å². The van der Waals surface area contributed by atoms with Crippen LogP contribution in [0.5, 0.6) is 0 Å². The molecule has 0 heterocycles. The lowest BCUT2D eigenvalue weighted by atomic mass is 10.2. The summed E-state index contributed by atoms with van der Waals surface area (Å²) >= 11 is 4.19. The van der Waals surface area contributed by atoms with E-state index < -0.39 is 17.1 Å². The molecule has 0 atom stereocenters. The van der Waals surface area contributed by atoms with Crippen LogP contribution in [0.1, 0.15) is 0 Å². The van der Waals surface area contributed by atoms with Crippen LogP contribution in [0.15, 0.2) is 24.3 Å². The van der Waals surface area contributed by atoms with Gasteiger partial charge in [0.1, 0.15) is 5.57 Å². The summed E-state index contributed by atoms with van der Waals surface area (Å²) in [7, 11) is 0. The second-order valence-corrected chi connectivity index (χ2v) is 2.29. The van der Waals surface area contributed by atoms with Gasteiger partial charge < -0.3 is 0 Å². The van der Waals surface area contributed by atoms with E-state index >= 15 is 0 Å². The summed E-state index contributed by atoms with van der Waals surface area (Å²) in [5.41, 5.74) is -2.12. The SMILES string of the molecule is C=C/C=C(/C(F)(F)F)C(F)(F)Cl. The van der Waals surface area contributed by atoms with E-state index in [1.165, 1.54) is 0 Å². The number of alkyl halides is 6. The number of hydrogen-bond acceptors (Lipinski definition) is 0. The zero-order valence-electron chi connectivity index (χ0n) is 5.63. The van der Waals surface area contributed by atoms with Crippen LogP contribution >= 0.6 is 11.6 Å². The van der Waals surface area contributed by atoms with Crippen LogP contribution in [0.2, 0.25) is 0 Å². The largest absolute Gasteiger partial charge is 0.419 e. The molecule has 0 spiro atoms. The van der Waals surface area contributed by atoms with E-state index in [1.807, 2.05) is 0 Å². The van der Waals surface area contributed by atoms with Crippen molar-refractivity contribution in [2.75, 3.05) is 0 Å². The predicted molar refractivity (Wildman–Crippen MR) is 35.1 cm³/mol. The molecule has 6 heteroatoms. The zero-order valence-corrected chi connectivity index (χ0v) is 6.39. The molecule has 12 heavy (non-hydrogen) atoms. The fourth-order valence-corrected chi connectivity index (χ4v) is 0.638. The fourth-order valence-electron chi connectivity index (χ4n) is 0.468. The van der Waals surface area contributed by atoms with Crippen molar-refractivity contribution in [2.45, 2.75) is 11.6 Å². The summed E-state index contributed by atoms with van der Waals surface area (Å²) in [6.45, 7) is 2.86. The minimum absolute atomic E-state index is 0.132. The Morgan fingerprint density at radius 1 is 1.17 bits per heavy atom. The molecule has 0 unspecified atom stereocenters. The average Bonchev–Trinajstić information content (AvgIpc) is 1.77. The first-order chi connectivity index (χ1) is 5.19. The van der Waals surface area contributed by atoms with E-state index in [0.29, 0.717) is 6.08 Å². The molecule has 0 saturated heterocycles. The monoisotopic (exact) mass is 206 g/mol. The molecule has 0 aromatic heterocycles. The molecule has 0 aromatic rings. The molecule has 0 bridgehead atoms. The summed E-state index contributed by atoms with van der Waals surface area (Å²) < 4.78 is 59.2. The lowest BCUT2D eigenvalue weighted by Gasteiger charge is -2.15. The zero-order chi connectivity index (χ0) is 9.99. The van der Waals surface area contributed by atoms with Crippen LogP contribution in [0.3, 0.4) is 0 Å².